The van der Waals surface area contributed by atoms with Crippen LogP contribution < -0.4 is 4.72 Å². The van der Waals surface area contributed by atoms with Gasteiger partial charge in [-0.3, -0.25) is 0 Å². The summed E-state index contributed by atoms with van der Waals surface area (Å²) in [6.45, 7) is -0.678. The Morgan fingerprint density at radius 1 is 1.53 bits per heavy atom. The Morgan fingerprint density at radius 3 is 2.68 bits per heavy atom. The number of carboxylic acid groups (broad SMARTS) is 1. The molecule has 102 valence electrons. The topological polar surface area (TPSA) is 127 Å². The first-order valence-corrected chi connectivity index (χ1v) is 6.74. The Morgan fingerprint density at radius 2 is 2.16 bits per heavy atom. The van der Waals surface area contributed by atoms with Crippen LogP contribution in [-0.4, -0.2) is 37.2 Å². The van der Waals surface area contributed by atoms with Crippen LogP contribution >= 0.6 is 11.6 Å². The number of aliphatic carboxylic acids is 1. The minimum atomic E-state index is -4.02. The molecule has 0 fully saturated rings. The van der Waals surface area contributed by atoms with Gasteiger partial charge in [-0.15, -0.1) is 0 Å². The lowest BCUT2D eigenvalue weighted by molar-refractivity contribution is -0.146. The molecule has 1 rings (SSSR count). The first-order valence-electron chi connectivity index (χ1n) is 4.88. The quantitative estimate of drug-likeness (QED) is 0.699. The third-order valence-electron chi connectivity index (χ3n) is 2.12. The van der Waals surface area contributed by atoms with E-state index >= 15 is 0 Å². The zero-order valence-electron chi connectivity index (χ0n) is 9.37. The molecule has 0 saturated heterocycles. The summed E-state index contributed by atoms with van der Waals surface area (Å²) in [4.78, 5) is 10.1. The van der Waals surface area contributed by atoms with Crippen LogP contribution in [0.25, 0.3) is 0 Å². The lowest BCUT2D eigenvalue weighted by Gasteiger charge is -2.09. The first-order chi connectivity index (χ1) is 8.77. The summed E-state index contributed by atoms with van der Waals surface area (Å²) in [7, 11) is -4.02. The van der Waals surface area contributed by atoms with Crippen LogP contribution in [0.15, 0.2) is 23.1 Å². The van der Waals surface area contributed by atoms with Crippen molar-refractivity contribution >= 4 is 27.6 Å². The van der Waals surface area contributed by atoms with E-state index in [1.54, 1.807) is 6.07 Å². The van der Waals surface area contributed by atoms with Gasteiger partial charge in [0.1, 0.15) is 6.07 Å². The van der Waals surface area contributed by atoms with Gasteiger partial charge in [-0.2, -0.15) is 5.26 Å². The van der Waals surface area contributed by atoms with Crippen LogP contribution in [0.5, 0.6) is 0 Å². The number of rotatable bonds is 5. The van der Waals surface area contributed by atoms with Crippen LogP contribution in [0, 0.1) is 11.3 Å². The second-order valence-electron chi connectivity index (χ2n) is 3.46. The maximum Gasteiger partial charge on any atom is 0.333 e. The third kappa shape index (κ3) is 3.90. The fourth-order valence-corrected chi connectivity index (χ4v) is 2.34. The predicted octanol–water partition coefficient (Wildman–Crippen LogP) is -0.0645. The number of nitrogens with one attached hydrogen (secondary N) is 1. The number of sulfonamides is 1. The van der Waals surface area contributed by atoms with E-state index in [1.807, 2.05) is 4.72 Å². The number of benzene rings is 1. The highest BCUT2D eigenvalue weighted by atomic mass is 35.5. The third-order valence-corrected chi connectivity index (χ3v) is 3.87. The molecule has 0 aliphatic carbocycles. The van der Waals surface area contributed by atoms with Crippen molar-refractivity contribution in [2.24, 2.45) is 0 Å². The van der Waals surface area contributed by atoms with Crippen molar-refractivity contribution in [2.75, 3.05) is 6.54 Å². The minimum Gasteiger partial charge on any atom is -0.479 e. The van der Waals surface area contributed by atoms with Gasteiger partial charge in [0.25, 0.3) is 0 Å². The molecule has 0 aromatic heterocycles. The lowest BCUT2D eigenvalue weighted by atomic mass is 10.2. The molecule has 1 atom stereocenters. The van der Waals surface area contributed by atoms with Crippen molar-refractivity contribution < 1.29 is 23.4 Å². The number of halogens is 1. The summed E-state index contributed by atoms with van der Waals surface area (Å²) in [5.41, 5.74) is -0.0247. The highest BCUT2D eigenvalue weighted by Gasteiger charge is 2.20. The maximum absolute atomic E-state index is 11.8. The van der Waals surface area contributed by atoms with Gasteiger partial charge < -0.3 is 10.2 Å². The Bertz CT molecular complexity index is 638. The highest BCUT2D eigenvalue weighted by Crippen LogP contribution is 2.19. The number of aliphatic hydroxyl groups excluding tert-OH is 1. The average molecular weight is 305 g/mol. The van der Waals surface area contributed by atoms with Gasteiger partial charge in [-0.1, -0.05) is 11.6 Å². The molecule has 1 aromatic carbocycles. The Labute approximate surface area is 114 Å². The summed E-state index contributed by atoms with van der Waals surface area (Å²) in [5, 5.41) is 26.2. The van der Waals surface area contributed by atoms with E-state index in [-0.39, 0.29) is 15.5 Å². The normalized spacial score (nSPS) is 12.7. The van der Waals surface area contributed by atoms with Crippen molar-refractivity contribution in [3.63, 3.8) is 0 Å². The van der Waals surface area contributed by atoms with Gasteiger partial charge in [-0.25, -0.2) is 17.9 Å². The van der Waals surface area contributed by atoms with Crippen molar-refractivity contribution in [3.05, 3.63) is 28.8 Å². The number of nitriles is 1. The molecule has 19 heavy (non-hydrogen) atoms. The Hall–Kier alpha value is -1.66. The molecule has 0 aliphatic rings. The number of aliphatic hydroxyl groups is 1. The number of nitrogens with zero attached hydrogens (tertiary/aromatic N) is 1. The zero-order valence-corrected chi connectivity index (χ0v) is 10.9. The number of hydrogen-bond donors (Lipinski definition) is 3. The Kier molecular flexibility index (Phi) is 4.85. The summed E-state index contributed by atoms with van der Waals surface area (Å²) in [6.07, 6.45) is -1.85. The first kappa shape index (κ1) is 15.4. The summed E-state index contributed by atoms with van der Waals surface area (Å²) < 4.78 is 25.5. The van der Waals surface area contributed by atoms with Crippen molar-refractivity contribution in [3.8, 4) is 6.07 Å². The molecule has 3 N–H and O–H groups in total. The van der Waals surface area contributed by atoms with Crippen molar-refractivity contribution in [1.82, 2.24) is 4.72 Å². The molecule has 0 unspecified atom stereocenters. The molecule has 1 aromatic rings. The Balaban J connectivity index is 2.96. The van der Waals surface area contributed by atoms with Crippen molar-refractivity contribution in [2.45, 2.75) is 11.0 Å². The van der Waals surface area contributed by atoms with Crippen LogP contribution in [0.2, 0.25) is 5.02 Å². The van der Waals surface area contributed by atoms with Gasteiger partial charge in [0, 0.05) is 6.54 Å². The second kappa shape index (κ2) is 5.99. The van der Waals surface area contributed by atoms with Crippen LogP contribution in [-0.2, 0) is 14.8 Å². The lowest BCUT2D eigenvalue weighted by Crippen LogP contribution is -2.36. The summed E-state index contributed by atoms with van der Waals surface area (Å²) >= 11 is 5.66. The monoisotopic (exact) mass is 304 g/mol. The maximum atomic E-state index is 11.8. The molecule has 7 nitrogen and oxygen atoms in total. The molecular formula is C10H9ClN2O5S. The van der Waals surface area contributed by atoms with E-state index in [9.17, 15) is 13.2 Å². The van der Waals surface area contributed by atoms with E-state index < -0.39 is 28.6 Å². The summed E-state index contributed by atoms with van der Waals surface area (Å²) in [5.74, 6) is -1.54. The van der Waals surface area contributed by atoms with Crippen LogP contribution in [0.3, 0.4) is 0 Å². The average Bonchev–Trinajstić information content (AvgIpc) is 2.36. The van der Waals surface area contributed by atoms with Crippen LogP contribution in [0.1, 0.15) is 5.56 Å². The van der Waals surface area contributed by atoms with E-state index in [0.717, 1.165) is 6.07 Å². The van der Waals surface area contributed by atoms with E-state index in [4.69, 9.17) is 27.1 Å². The van der Waals surface area contributed by atoms with E-state index in [1.165, 1.54) is 12.1 Å². The number of carbonyl (C=O) groups is 1. The molecule has 0 spiro atoms. The van der Waals surface area contributed by atoms with Gasteiger partial charge in [0.15, 0.2) is 6.10 Å². The summed E-state index contributed by atoms with van der Waals surface area (Å²) in [6, 6.07) is 5.18. The number of hydrogen-bond acceptors (Lipinski definition) is 5. The smallest absolute Gasteiger partial charge is 0.333 e. The van der Waals surface area contributed by atoms with Crippen molar-refractivity contribution in [1.29, 1.82) is 5.26 Å². The largest absolute Gasteiger partial charge is 0.479 e. The fraction of sp³-hybridized carbons (Fsp3) is 0.200. The second-order valence-corrected chi connectivity index (χ2v) is 5.63. The minimum absolute atomic E-state index is 0.0247. The van der Waals surface area contributed by atoms with Gasteiger partial charge in [0.05, 0.1) is 15.5 Å². The van der Waals surface area contributed by atoms with E-state index in [2.05, 4.69) is 0 Å². The fourth-order valence-electron chi connectivity index (χ4n) is 1.12. The molecule has 0 bridgehead atoms. The molecule has 0 aliphatic heterocycles. The van der Waals surface area contributed by atoms with Gasteiger partial charge in [-0.05, 0) is 18.2 Å². The van der Waals surface area contributed by atoms with E-state index in [0.29, 0.717) is 0 Å². The zero-order chi connectivity index (χ0) is 14.6. The molecule has 0 saturated carbocycles. The van der Waals surface area contributed by atoms with Gasteiger partial charge >= 0.3 is 5.97 Å². The molecule has 0 amide bonds. The molecular weight excluding hydrogens is 296 g/mol. The van der Waals surface area contributed by atoms with Gasteiger partial charge in [0.2, 0.25) is 10.0 Å². The molecule has 0 heterocycles. The molecule has 0 radical (unpaired) electrons. The highest BCUT2D eigenvalue weighted by molar-refractivity contribution is 7.89. The molecule has 9 heteroatoms. The van der Waals surface area contributed by atoms with Crippen LogP contribution in [0.4, 0.5) is 0 Å². The predicted molar refractivity (Wildman–Crippen MR) is 65.0 cm³/mol. The standard InChI is InChI=1S/C10H9ClN2O5S/c11-8-2-1-7(3-6(8)4-12)19(17,18)13-5-9(14)10(15)16/h1-3,9,13-14H,5H2,(H,15,16)/t9-/m0/s1. The SMILES string of the molecule is N#Cc1cc(S(=O)(=O)NC[C@H](O)C(=O)O)ccc1Cl. The number of carboxylic acids is 1.